The average Bonchev–Trinajstić information content (AvgIpc) is 2.25. The van der Waals surface area contributed by atoms with Crippen molar-refractivity contribution in [3.05, 3.63) is 0 Å². The molecule has 0 aromatic rings. The monoisotopic (exact) mass is 258 g/mol. The van der Waals surface area contributed by atoms with Gasteiger partial charge in [0.1, 0.15) is 0 Å². The van der Waals surface area contributed by atoms with Crippen molar-refractivity contribution in [2.24, 2.45) is 0 Å². The van der Waals surface area contributed by atoms with E-state index in [1.54, 1.807) is 0 Å². The van der Waals surface area contributed by atoms with Crippen LogP contribution in [0.3, 0.4) is 0 Å². The van der Waals surface area contributed by atoms with Gasteiger partial charge >= 0.3 is 30.2 Å². The standard InChI is InChI=1S/C12H26O3S.Li.H/c1-2-3-4-5-6-7-8-9-10-11-12-15-16(13)14;;/h2-12H2,1H3,(H,13,14);;/q;+1;-1. The Morgan fingerprint density at radius 1 is 0.941 bits per heavy atom. The predicted molar refractivity (Wildman–Crippen MR) is 69.7 cm³/mol. The second-order valence-corrected chi connectivity index (χ2v) is 4.89. The van der Waals surface area contributed by atoms with Crippen LogP contribution in [0.4, 0.5) is 0 Å². The molecule has 0 aliphatic carbocycles. The van der Waals surface area contributed by atoms with Crippen LogP contribution >= 0.6 is 0 Å². The van der Waals surface area contributed by atoms with Crippen LogP contribution in [0.5, 0.6) is 0 Å². The molecule has 0 saturated heterocycles. The molecule has 0 bridgehead atoms. The van der Waals surface area contributed by atoms with Gasteiger partial charge in [-0.05, 0) is 6.42 Å². The van der Waals surface area contributed by atoms with E-state index in [-0.39, 0.29) is 20.3 Å². The van der Waals surface area contributed by atoms with Crippen molar-refractivity contribution in [3.8, 4) is 0 Å². The Labute approximate surface area is 122 Å². The van der Waals surface area contributed by atoms with Crippen LogP contribution in [-0.4, -0.2) is 15.4 Å². The maximum absolute atomic E-state index is 10.1. The van der Waals surface area contributed by atoms with Gasteiger partial charge in [-0.25, -0.2) is 0 Å². The van der Waals surface area contributed by atoms with Crippen LogP contribution in [0.2, 0.25) is 0 Å². The fraction of sp³-hybridized carbons (Fsp3) is 1.00. The van der Waals surface area contributed by atoms with Gasteiger partial charge in [-0.2, -0.15) is 4.21 Å². The van der Waals surface area contributed by atoms with E-state index >= 15 is 0 Å². The Balaban J connectivity index is -0.00000112. The minimum absolute atomic E-state index is 0. The first-order valence-electron chi connectivity index (χ1n) is 6.51. The Hall–Kier alpha value is 0.667. The third kappa shape index (κ3) is 19.2. The van der Waals surface area contributed by atoms with Crippen LogP contribution in [0.15, 0.2) is 0 Å². The van der Waals surface area contributed by atoms with Gasteiger partial charge in [-0.3, -0.25) is 8.74 Å². The molecule has 0 spiro atoms. The summed E-state index contributed by atoms with van der Waals surface area (Å²) < 4.78 is 23.0. The van der Waals surface area contributed by atoms with Gasteiger partial charge in [0.2, 0.25) is 0 Å². The molecule has 0 fully saturated rings. The summed E-state index contributed by atoms with van der Waals surface area (Å²) in [5, 5.41) is 0. The van der Waals surface area contributed by atoms with E-state index in [1.807, 2.05) is 0 Å². The van der Waals surface area contributed by atoms with E-state index in [4.69, 9.17) is 4.55 Å². The van der Waals surface area contributed by atoms with E-state index < -0.39 is 11.4 Å². The van der Waals surface area contributed by atoms with Crippen molar-refractivity contribution in [2.75, 3.05) is 6.61 Å². The minimum Gasteiger partial charge on any atom is -1.00 e. The van der Waals surface area contributed by atoms with Crippen molar-refractivity contribution < 1.29 is 33.2 Å². The largest absolute Gasteiger partial charge is 1.00 e. The molecule has 1 unspecified atom stereocenters. The summed E-state index contributed by atoms with van der Waals surface area (Å²) in [6.07, 6.45) is 12.6. The van der Waals surface area contributed by atoms with Crippen molar-refractivity contribution in [1.82, 2.24) is 0 Å². The zero-order valence-electron chi connectivity index (χ0n) is 12.5. The number of hydrogen-bond acceptors (Lipinski definition) is 2. The maximum Gasteiger partial charge on any atom is 1.00 e. The van der Waals surface area contributed by atoms with Crippen molar-refractivity contribution in [3.63, 3.8) is 0 Å². The molecule has 1 atom stereocenters. The third-order valence-corrected chi connectivity index (χ3v) is 3.05. The topological polar surface area (TPSA) is 46.5 Å². The smallest absolute Gasteiger partial charge is 1.00 e. The van der Waals surface area contributed by atoms with Crippen LogP contribution < -0.4 is 18.9 Å². The van der Waals surface area contributed by atoms with Gasteiger partial charge in [-0.15, -0.1) is 0 Å². The van der Waals surface area contributed by atoms with Gasteiger partial charge in [0.15, 0.2) is 0 Å². The average molecular weight is 258 g/mol. The SMILES string of the molecule is CCCCCCCCCCCCOS(=O)O.[H-].[Li+]. The molecule has 0 amide bonds. The van der Waals surface area contributed by atoms with Crippen LogP contribution in [0, 0.1) is 0 Å². The van der Waals surface area contributed by atoms with Gasteiger partial charge < -0.3 is 1.43 Å². The number of unbranched alkanes of at least 4 members (excludes halogenated alkanes) is 9. The second kappa shape index (κ2) is 16.7. The summed E-state index contributed by atoms with van der Waals surface area (Å²) in [6, 6.07) is 0. The second-order valence-electron chi connectivity index (χ2n) is 4.22. The summed E-state index contributed by atoms with van der Waals surface area (Å²) in [5.41, 5.74) is 0. The van der Waals surface area contributed by atoms with E-state index in [0.717, 1.165) is 12.8 Å². The number of rotatable bonds is 12. The molecular formula is C12H27LiO3S. The minimum atomic E-state index is -2.08. The summed E-state index contributed by atoms with van der Waals surface area (Å²) in [5.74, 6) is 0. The third-order valence-electron chi connectivity index (χ3n) is 2.68. The molecule has 0 aliphatic heterocycles. The molecule has 0 radical (unpaired) electrons. The summed E-state index contributed by atoms with van der Waals surface area (Å²) in [6.45, 7) is 2.64. The molecule has 0 saturated carbocycles. The first-order chi connectivity index (χ1) is 7.77. The molecule has 3 nitrogen and oxygen atoms in total. The molecular weight excluding hydrogens is 231 g/mol. The molecule has 0 heterocycles. The fourth-order valence-corrected chi connectivity index (χ4v) is 1.98. The quantitative estimate of drug-likeness (QED) is 0.325. The van der Waals surface area contributed by atoms with Gasteiger partial charge in [-0.1, -0.05) is 64.7 Å². The Morgan fingerprint density at radius 3 is 1.76 bits per heavy atom. The summed E-state index contributed by atoms with van der Waals surface area (Å²) in [4.78, 5) is 0. The normalized spacial score (nSPS) is 12.1. The maximum atomic E-state index is 10.1. The van der Waals surface area contributed by atoms with E-state index in [1.165, 1.54) is 51.4 Å². The summed E-state index contributed by atoms with van der Waals surface area (Å²) >= 11 is -2.08. The Bertz CT molecular complexity index is 173. The van der Waals surface area contributed by atoms with E-state index in [9.17, 15) is 4.21 Å². The van der Waals surface area contributed by atoms with Gasteiger partial charge in [0.25, 0.3) is 0 Å². The Kier molecular flexibility index (Phi) is 19.6. The number of hydrogen-bond donors (Lipinski definition) is 1. The van der Waals surface area contributed by atoms with Crippen molar-refractivity contribution >= 4 is 11.4 Å². The molecule has 0 aromatic heterocycles. The molecule has 0 aliphatic rings. The molecule has 0 aromatic carbocycles. The Morgan fingerprint density at radius 2 is 1.35 bits per heavy atom. The predicted octanol–water partition coefficient (Wildman–Crippen LogP) is 1.18. The van der Waals surface area contributed by atoms with E-state index in [0.29, 0.717) is 6.61 Å². The van der Waals surface area contributed by atoms with Crippen LogP contribution in [-0.2, 0) is 15.5 Å². The molecule has 1 N–H and O–H groups in total. The zero-order chi connectivity index (χ0) is 12.1. The van der Waals surface area contributed by atoms with Crippen molar-refractivity contribution in [1.29, 1.82) is 0 Å². The van der Waals surface area contributed by atoms with Gasteiger partial charge in [0, 0.05) is 0 Å². The molecule has 5 heteroatoms. The molecule has 17 heavy (non-hydrogen) atoms. The first-order valence-corrected chi connectivity index (χ1v) is 7.54. The molecule has 100 valence electrons. The van der Waals surface area contributed by atoms with E-state index in [2.05, 4.69) is 11.1 Å². The first kappa shape index (κ1) is 20.0. The van der Waals surface area contributed by atoms with Gasteiger partial charge in [0.05, 0.1) is 6.61 Å². The van der Waals surface area contributed by atoms with Crippen LogP contribution in [0.25, 0.3) is 0 Å². The van der Waals surface area contributed by atoms with Crippen molar-refractivity contribution in [2.45, 2.75) is 71.1 Å². The summed E-state index contributed by atoms with van der Waals surface area (Å²) in [7, 11) is 0. The zero-order valence-corrected chi connectivity index (χ0v) is 12.3. The molecule has 0 rings (SSSR count). The fourth-order valence-electron chi connectivity index (χ4n) is 1.72. The van der Waals surface area contributed by atoms with Crippen LogP contribution in [0.1, 0.15) is 72.6 Å².